The Hall–Kier alpha value is -0.650. The molecule has 1 saturated heterocycles. The summed E-state index contributed by atoms with van der Waals surface area (Å²) >= 11 is 0. The maximum absolute atomic E-state index is 10.5. The molecule has 0 amide bonds. The largest absolute Gasteiger partial charge is 0.480 e. The predicted octanol–water partition coefficient (Wildman–Crippen LogP) is -1.65. The van der Waals surface area contributed by atoms with Gasteiger partial charge in [-0.25, -0.2) is 0 Å². The summed E-state index contributed by atoms with van der Waals surface area (Å²) in [4.78, 5) is 10.5. The van der Waals surface area contributed by atoms with E-state index < -0.39 is 5.97 Å². The van der Waals surface area contributed by atoms with Crippen LogP contribution in [0, 0.1) is 0 Å². The van der Waals surface area contributed by atoms with Crippen LogP contribution in [0.4, 0.5) is 0 Å². The molecule has 1 heterocycles. The molecule has 0 spiro atoms. The molecule has 70 valence electrons. The number of carboxylic acids is 1. The molecule has 0 aromatic heterocycles. The van der Waals surface area contributed by atoms with E-state index in [4.69, 9.17) is 10.8 Å². The van der Waals surface area contributed by atoms with Crippen LogP contribution in [0.2, 0.25) is 0 Å². The minimum absolute atomic E-state index is 0.259. The normalized spacial score (nSPS) is 29.1. The highest BCUT2D eigenvalue weighted by Crippen LogP contribution is 2.05. The molecule has 1 aliphatic rings. The summed E-state index contributed by atoms with van der Waals surface area (Å²) in [7, 11) is 0. The lowest BCUT2D eigenvalue weighted by Crippen LogP contribution is -2.34. The third-order valence-electron chi connectivity index (χ3n) is 2.01. The van der Waals surface area contributed by atoms with Gasteiger partial charge in [0.1, 0.15) is 6.04 Å². The molecule has 1 fully saturated rings. The molecule has 0 bridgehead atoms. The number of rotatable bonds is 4. The van der Waals surface area contributed by atoms with Crippen molar-refractivity contribution in [2.24, 2.45) is 5.73 Å². The number of aliphatic carboxylic acids is 1. The minimum atomic E-state index is -0.771. The number of nitrogens with one attached hydrogen (secondary N) is 2. The van der Waals surface area contributed by atoms with E-state index in [0.717, 1.165) is 13.1 Å². The second-order valence-electron chi connectivity index (χ2n) is 2.97. The molecule has 0 aromatic carbocycles. The molecule has 0 aromatic rings. The monoisotopic (exact) mass is 173 g/mol. The molecule has 1 aliphatic heterocycles. The standard InChI is InChI=1S/C7H15N3O2/c8-1-2-9-5-3-6(7(11)12)10-4-5/h5-6,9-10H,1-4,8H2,(H,11,12)/t5-,6+/m1/s1. The van der Waals surface area contributed by atoms with Gasteiger partial charge < -0.3 is 21.5 Å². The summed E-state index contributed by atoms with van der Waals surface area (Å²) in [6, 6.07) is -0.130. The topological polar surface area (TPSA) is 87.4 Å². The average molecular weight is 173 g/mol. The Morgan fingerprint density at radius 3 is 3.00 bits per heavy atom. The van der Waals surface area contributed by atoms with Crippen LogP contribution < -0.4 is 16.4 Å². The first-order valence-corrected chi connectivity index (χ1v) is 4.13. The van der Waals surface area contributed by atoms with Crippen LogP contribution in [0.3, 0.4) is 0 Å². The van der Waals surface area contributed by atoms with Crippen molar-refractivity contribution in [3.05, 3.63) is 0 Å². The molecule has 1 rings (SSSR count). The summed E-state index contributed by atoms with van der Waals surface area (Å²) in [6.07, 6.45) is 0.648. The quantitative estimate of drug-likeness (QED) is 0.409. The lowest BCUT2D eigenvalue weighted by molar-refractivity contribution is -0.139. The first-order valence-electron chi connectivity index (χ1n) is 4.13. The highest BCUT2D eigenvalue weighted by atomic mass is 16.4. The van der Waals surface area contributed by atoms with Gasteiger partial charge in [-0.2, -0.15) is 0 Å². The van der Waals surface area contributed by atoms with E-state index in [1.807, 2.05) is 0 Å². The maximum Gasteiger partial charge on any atom is 0.320 e. The molecular formula is C7H15N3O2. The molecule has 0 saturated carbocycles. The third-order valence-corrected chi connectivity index (χ3v) is 2.01. The molecular weight excluding hydrogens is 158 g/mol. The van der Waals surface area contributed by atoms with Crippen LogP contribution in [-0.4, -0.2) is 42.8 Å². The van der Waals surface area contributed by atoms with Crippen molar-refractivity contribution in [2.45, 2.75) is 18.5 Å². The second-order valence-corrected chi connectivity index (χ2v) is 2.97. The van der Waals surface area contributed by atoms with Crippen LogP contribution in [0.5, 0.6) is 0 Å². The Morgan fingerprint density at radius 2 is 2.50 bits per heavy atom. The average Bonchev–Trinajstić information content (AvgIpc) is 2.48. The van der Waals surface area contributed by atoms with Gasteiger partial charge in [0.05, 0.1) is 0 Å². The van der Waals surface area contributed by atoms with E-state index >= 15 is 0 Å². The number of carboxylic acid groups (broad SMARTS) is 1. The fraction of sp³-hybridized carbons (Fsp3) is 0.857. The van der Waals surface area contributed by atoms with Crippen molar-refractivity contribution in [3.8, 4) is 0 Å². The van der Waals surface area contributed by atoms with Crippen LogP contribution in [-0.2, 0) is 4.79 Å². The molecule has 2 atom stereocenters. The lowest BCUT2D eigenvalue weighted by atomic mass is 10.2. The van der Waals surface area contributed by atoms with Crippen molar-refractivity contribution >= 4 is 5.97 Å². The van der Waals surface area contributed by atoms with Gasteiger partial charge in [-0.3, -0.25) is 4.79 Å². The number of hydrogen-bond donors (Lipinski definition) is 4. The van der Waals surface area contributed by atoms with Crippen LogP contribution >= 0.6 is 0 Å². The van der Waals surface area contributed by atoms with Crippen LogP contribution in [0.1, 0.15) is 6.42 Å². The minimum Gasteiger partial charge on any atom is -0.480 e. The van der Waals surface area contributed by atoms with Crippen molar-refractivity contribution in [1.29, 1.82) is 0 Å². The van der Waals surface area contributed by atoms with Crippen molar-refractivity contribution < 1.29 is 9.90 Å². The van der Waals surface area contributed by atoms with E-state index in [-0.39, 0.29) is 12.1 Å². The highest BCUT2D eigenvalue weighted by molar-refractivity contribution is 5.73. The smallest absolute Gasteiger partial charge is 0.320 e. The van der Waals surface area contributed by atoms with Gasteiger partial charge in [0.2, 0.25) is 0 Å². The van der Waals surface area contributed by atoms with Crippen molar-refractivity contribution in [2.75, 3.05) is 19.6 Å². The second kappa shape index (κ2) is 4.39. The van der Waals surface area contributed by atoms with E-state index in [2.05, 4.69) is 10.6 Å². The SMILES string of the molecule is NCCN[C@H]1CN[C@H](C(=O)O)C1. The first-order chi connectivity index (χ1) is 5.74. The fourth-order valence-electron chi connectivity index (χ4n) is 1.37. The molecule has 5 N–H and O–H groups in total. The van der Waals surface area contributed by atoms with E-state index in [1.165, 1.54) is 0 Å². The van der Waals surface area contributed by atoms with Gasteiger partial charge in [0.15, 0.2) is 0 Å². The Balaban J connectivity index is 2.21. The van der Waals surface area contributed by atoms with Gasteiger partial charge in [-0.1, -0.05) is 0 Å². The van der Waals surface area contributed by atoms with E-state index in [9.17, 15) is 4.79 Å². The first kappa shape index (κ1) is 9.44. The van der Waals surface area contributed by atoms with Gasteiger partial charge >= 0.3 is 5.97 Å². The summed E-state index contributed by atoms with van der Waals surface area (Å²) < 4.78 is 0. The number of nitrogens with two attached hydrogens (primary N) is 1. The van der Waals surface area contributed by atoms with E-state index in [1.54, 1.807) is 0 Å². The summed E-state index contributed by atoms with van der Waals surface area (Å²) in [5.74, 6) is -0.771. The van der Waals surface area contributed by atoms with Crippen LogP contribution in [0.15, 0.2) is 0 Å². The van der Waals surface area contributed by atoms with Crippen LogP contribution in [0.25, 0.3) is 0 Å². The Bertz CT molecular complexity index is 163. The van der Waals surface area contributed by atoms with Gasteiger partial charge in [0.25, 0.3) is 0 Å². The zero-order valence-electron chi connectivity index (χ0n) is 6.92. The highest BCUT2D eigenvalue weighted by Gasteiger charge is 2.28. The Kier molecular flexibility index (Phi) is 3.46. The van der Waals surface area contributed by atoms with E-state index in [0.29, 0.717) is 13.0 Å². The number of hydrogen-bond acceptors (Lipinski definition) is 4. The van der Waals surface area contributed by atoms with Crippen molar-refractivity contribution in [1.82, 2.24) is 10.6 Å². The lowest BCUT2D eigenvalue weighted by Gasteiger charge is -2.09. The van der Waals surface area contributed by atoms with Crippen molar-refractivity contribution in [3.63, 3.8) is 0 Å². The van der Waals surface area contributed by atoms with Gasteiger partial charge in [0, 0.05) is 25.7 Å². The molecule has 12 heavy (non-hydrogen) atoms. The zero-order chi connectivity index (χ0) is 8.97. The summed E-state index contributed by atoms with van der Waals surface area (Å²) in [5.41, 5.74) is 5.30. The Labute approximate surface area is 71.3 Å². The third kappa shape index (κ3) is 2.44. The molecule has 5 heteroatoms. The van der Waals surface area contributed by atoms with Gasteiger partial charge in [-0.05, 0) is 6.42 Å². The maximum atomic E-state index is 10.5. The fourth-order valence-corrected chi connectivity index (χ4v) is 1.37. The molecule has 0 aliphatic carbocycles. The van der Waals surface area contributed by atoms with Gasteiger partial charge in [-0.15, -0.1) is 0 Å². The summed E-state index contributed by atoms with van der Waals surface area (Å²) in [6.45, 7) is 2.06. The zero-order valence-corrected chi connectivity index (χ0v) is 6.92. The molecule has 5 nitrogen and oxygen atoms in total. The number of carbonyl (C=O) groups is 1. The summed E-state index contributed by atoms with van der Waals surface area (Å²) in [5, 5.41) is 14.7. The predicted molar refractivity (Wildman–Crippen MR) is 44.9 cm³/mol. The molecule has 0 radical (unpaired) electrons. The molecule has 0 unspecified atom stereocenters. The Morgan fingerprint density at radius 1 is 1.75 bits per heavy atom.